The van der Waals surface area contributed by atoms with Crippen LogP contribution in [0.4, 0.5) is 8.78 Å². The SMILES string of the molecule is C[C@H]1CN(Cc2ccccc2)CC[C@]1(C)c1ccc2[nH]c(C(F)F)nc2c1. The van der Waals surface area contributed by atoms with Crippen molar-refractivity contribution in [2.24, 2.45) is 5.92 Å². The van der Waals surface area contributed by atoms with Crippen LogP contribution in [-0.4, -0.2) is 28.0 Å². The van der Waals surface area contributed by atoms with Gasteiger partial charge in [-0.3, -0.25) is 4.90 Å². The number of alkyl halides is 2. The van der Waals surface area contributed by atoms with Gasteiger partial charge in [-0.25, -0.2) is 13.8 Å². The predicted molar refractivity (Wildman–Crippen MR) is 104 cm³/mol. The zero-order chi connectivity index (χ0) is 19.0. The van der Waals surface area contributed by atoms with Crippen molar-refractivity contribution in [1.29, 1.82) is 0 Å². The van der Waals surface area contributed by atoms with E-state index in [9.17, 15) is 8.78 Å². The van der Waals surface area contributed by atoms with Crippen LogP contribution in [0.3, 0.4) is 0 Å². The highest BCUT2D eigenvalue weighted by Gasteiger charge is 2.38. The van der Waals surface area contributed by atoms with E-state index in [0.29, 0.717) is 17.0 Å². The molecule has 3 aromatic rings. The van der Waals surface area contributed by atoms with E-state index in [1.54, 1.807) is 0 Å². The van der Waals surface area contributed by atoms with Gasteiger partial charge in [-0.1, -0.05) is 50.2 Å². The number of aromatic amines is 1. The summed E-state index contributed by atoms with van der Waals surface area (Å²) in [5.74, 6) is 0.207. The van der Waals surface area contributed by atoms with Gasteiger partial charge >= 0.3 is 0 Å². The Bertz CT molecular complexity index is 922. The maximum absolute atomic E-state index is 12.9. The summed E-state index contributed by atoms with van der Waals surface area (Å²) in [6, 6.07) is 16.5. The monoisotopic (exact) mass is 369 g/mol. The molecule has 4 rings (SSSR count). The van der Waals surface area contributed by atoms with E-state index < -0.39 is 6.43 Å². The molecule has 142 valence electrons. The average molecular weight is 369 g/mol. The lowest BCUT2D eigenvalue weighted by Crippen LogP contribution is -2.46. The fraction of sp³-hybridized carbons (Fsp3) is 0.409. The van der Waals surface area contributed by atoms with E-state index in [2.05, 4.69) is 59.0 Å². The van der Waals surface area contributed by atoms with Crippen molar-refractivity contribution in [3.63, 3.8) is 0 Å². The summed E-state index contributed by atoms with van der Waals surface area (Å²) in [7, 11) is 0. The number of likely N-dealkylation sites (tertiary alicyclic amines) is 1. The minimum atomic E-state index is -2.57. The van der Waals surface area contributed by atoms with Gasteiger partial charge in [-0.05, 0) is 47.6 Å². The minimum Gasteiger partial charge on any atom is -0.337 e. The Hall–Kier alpha value is -2.27. The molecule has 1 aliphatic heterocycles. The summed E-state index contributed by atoms with van der Waals surface area (Å²) in [6.45, 7) is 7.59. The van der Waals surface area contributed by atoms with Crippen LogP contribution in [0.25, 0.3) is 11.0 Å². The number of fused-ring (bicyclic) bond motifs is 1. The predicted octanol–water partition coefficient (Wildman–Crippen LogP) is 5.30. The van der Waals surface area contributed by atoms with Crippen molar-refractivity contribution in [1.82, 2.24) is 14.9 Å². The first-order valence-electron chi connectivity index (χ1n) is 9.50. The number of rotatable bonds is 4. The molecule has 0 aliphatic carbocycles. The van der Waals surface area contributed by atoms with Crippen LogP contribution in [0.2, 0.25) is 0 Å². The molecule has 2 atom stereocenters. The Morgan fingerprint density at radius 2 is 2.00 bits per heavy atom. The summed E-state index contributed by atoms with van der Waals surface area (Å²) in [4.78, 5) is 9.30. The van der Waals surface area contributed by atoms with Crippen LogP contribution in [0.5, 0.6) is 0 Å². The first kappa shape index (κ1) is 18.1. The number of hydrogen-bond acceptors (Lipinski definition) is 2. The maximum Gasteiger partial charge on any atom is 0.295 e. The van der Waals surface area contributed by atoms with E-state index in [-0.39, 0.29) is 11.2 Å². The molecule has 1 aromatic heterocycles. The van der Waals surface area contributed by atoms with Gasteiger partial charge in [-0.2, -0.15) is 0 Å². The van der Waals surface area contributed by atoms with Crippen molar-refractivity contribution in [3.05, 3.63) is 65.5 Å². The second-order valence-corrected chi connectivity index (χ2v) is 7.94. The van der Waals surface area contributed by atoms with Crippen molar-refractivity contribution < 1.29 is 8.78 Å². The number of nitrogens with zero attached hydrogens (tertiary/aromatic N) is 2. The normalized spacial score (nSPS) is 24.0. The Morgan fingerprint density at radius 3 is 2.70 bits per heavy atom. The third-order valence-electron chi connectivity index (χ3n) is 6.18. The standard InChI is InChI=1S/C22H25F2N3/c1-15-13-27(14-16-6-4-3-5-7-16)11-10-22(15,2)17-8-9-18-19(12-17)26-21(25-18)20(23)24/h3-9,12,15,20H,10-11,13-14H2,1-2H3,(H,25,26)/t15-,22-/m0/s1. The van der Waals surface area contributed by atoms with Crippen molar-refractivity contribution >= 4 is 11.0 Å². The fourth-order valence-corrected chi connectivity index (χ4v) is 4.22. The van der Waals surface area contributed by atoms with E-state index in [1.165, 1.54) is 11.1 Å². The molecule has 0 unspecified atom stereocenters. The van der Waals surface area contributed by atoms with Crippen molar-refractivity contribution in [2.45, 2.75) is 38.7 Å². The van der Waals surface area contributed by atoms with Gasteiger partial charge in [0.2, 0.25) is 0 Å². The number of halogens is 2. The van der Waals surface area contributed by atoms with Crippen LogP contribution in [0.1, 0.15) is 43.6 Å². The van der Waals surface area contributed by atoms with Gasteiger partial charge in [0.15, 0.2) is 5.82 Å². The summed E-state index contributed by atoms with van der Waals surface area (Å²) in [5.41, 5.74) is 3.85. The summed E-state index contributed by atoms with van der Waals surface area (Å²) < 4.78 is 25.8. The molecule has 1 N–H and O–H groups in total. The van der Waals surface area contributed by atoms with Crippen molar-refractivity contribution in [3.8, 4) is 0 Å². The molecule has 0 radical (unpaired) electrons. The molecule has 1 aliphatic rings. The minimum absolute atomic E-state index is 0.0192. The molecule has 0 saturated carbocycles. The van der Waals surface area contributed by atoms with E-state index in [4.69, 9.17) is 0 Å². The van der Waals surface area contributed by atoms with Crippen LogP contribution < -0.4 is 0 Å². The number of nitrogens with one attached hydrogen (secondary N) is 1. The first-order valence-corrected chi connectivity index (χ1v) is 9.50. The molecule has 3 nitrogen and oxygen atoms in total. The Labute approximate surface area is 158 Å². The lowest BCUT2D eigenvalue weighted by atomic mass is 9.68. The fourth-order valence-electron chi connectivity index (χ4n) is 4.22. The van der Waals surface area contributed by atoms with Crippen LogP contribution >= 0.6 is 0 Å². The van der Waals surface area contributed by atoms with Crippen LogP contribution in [-0.2, 0) is 12.0 Å². The van der Waals surface area contributed by atoms with Gasteiger partial charge in [0, 0.05) is 13.1 Å². The van der Waals surface area contributed by atoms with Gasteiger partial charge in [0.25, 0.3) is 6.43 Å². The summed E-state index contributed by atoms with van der Waals surface area (Å²) in [6.07, 6.45) is -1.53. The highest BCUT2D eigenvalue weighted by atomic mass is 19.3. The van der Waals surface area contributed by atoms with E-state index in [1.807, 2.05) is 18.2 Å². The second kappa shape index (κ2) is 7.04. The first-order chi connectivity index (χ1) is 13.0. The number of benzene rings is 2. The quantitative estimate of drug-likeness (QED) is 0.677. The number of aromatic nitrogens is 2. The molecule has 1 saturated heterocycles. The highest BCUT2D eigenvalue weighted by molar-refractivity contribution is 5.76. The van der Waals surface area contributed by atoms with Gasteiger partial charge in [-0.15, -0.1) is 0 Å². The summed E-state index contributed by atoms with van der Waals surface area (Å²) in [5, 5.41) is 0. The topological polar surface area (TPSA) is 31.9 Å². The van der Waals surface area contributed by atoms with E-state index in [0.717, 1.165) is 26.1 Å². The zero-order valence-corrected chi connectivity index (χ0v) is 15.8. The largest absolute Gasteiger partial charge is 0.337 e. The number of piperidine rings is 1. The Balaban J connectivity index is 1.54. The van der Waals surface area contributed by atoms with Gasteiger partial charge < -0.3 is 4.98 Å². The summed E-state index contributed by atoms with van der Waals surface area (Å²) >= 11 is 0. The average Bonchev–Trinajstić information content (AvgIpc) is 3.09. The van der Waals surface area contributed by atoms with Crippen LogP contribution in [0, 0.1) is 5.92 Å². The lowest BCUT2D eigenvalue weighted by Gasteiger charge is -2.45. The Morgan fingerprint density at radius 1 is 1.22 bits per heavy atom. The molecule has 2 aromatic carbocycles. The Kier molecular flexibility index (Phi) is 4.72. The lowest BCUT2D eigenvalue weighted by molar-refractivity contribution is 0.105. The van der Waals surface area contributed by atoms with E-state index >= 15 is 0 Å². The molecular formula is C22H25F2N3. The molecule has 5 heteroatoms. The van der Waals surface area contributed by atoms with Crippen molar-refractivity contribution in [2.75, 3.05) is 13.1 Å². The molecule has 0 bridgehead atoms. The molecule has 0 amide bonds. The number of H-pyrrole nitrogens is 1. The zero-order valence-electron chi connectivity index (χ0n) is 15.8. The second-order valence-electron chi connectivity index (χ2n) is 7.94. The van der Waals surface area contributed by atoms with Gasteiger partial charge in [0.05, 0.1) is 11.0 Å². The number of imidazole rings is 1. The number of hydrogen-bond donors (Lipinski definition) is 1. The third-order valence-corrected chi connectivity index (χ3v) is 6.18. The molecule has 27 heavy (non-hydrogen) atoms. The van der Waals surface area contributed by atoms with Crippen LogP contribution in [0.15, 0.2) is 48.5 Å². The van der Waals surface area contributed by atoms with Gasteiger partial charge in [0.1, 0.15) is 0 Å². The maximum atomic E-state index is 12.9. The molecule has 0 spiro atoms. The molecule has 1 fully saturated rings. The highest BCUT2D eigenvalue weighted by Crippen LogP contribution is 2.40. The molecular weight excluding hydrogens is 344 g/mol. The molecule has 2 heterocycles. The smallest absolute Gasteiger partial charge is 0.295 e. The third kappa shape index (κ3) is 3.48.